The fraction of sp³-hybridized carbons (Fsp3) is 0.885. The van der Waals surface area contributed by atoms with Crippen LogP contribution in [0.5, 0.6) is 0 Å². The van der Waals surface area contributed by atoms with Crippen LogP contribution >= 0.6 is 0 Å². The molecule has 2 N–H and O–H groups in total. The first-order chi connectivity index (χ1) is 16.0. The second-order valence-corrected chi connectivity index (χ2v) is 11.8. The largest absolute Gasteiger partial charge is 0.460 e. The summed E-state index contributed by atoms with van der Waals surface area (Å²) in [6.45, 7) is 13.2. The molecule has 0 radical (unpaired) electrons. The van der Waals surface area contributed by atoms with Crippen molar-refractivity contribution in [2.24, 2.45) is 23.7 Å². The first-order valence-electron chi connectivity index (χ1n) is 12.6. The summed E-state index contributed by atoms with van der Waals surface area (Å²) in [7, 11) is 0. The normalized spacial score (nSPS) is 45.5. The molecule has 0 aromatic heterocycles. The monoisotopic (exact) mass is 498 g/mol. The lowest BCUT2D eigenvalue weighted by molar-refractivity contribution is -0.197. The van der Waals surface area contributed by atoms with Crippen LogP contribution in [0.1, 0.15) is 81.1 Å². The van der Waals surface area contributed by atoms with Crippen molar-refractivity contribution < 1.29 is 43.5 Å². The molecule has 3 aliphatic rings. The summed E-state index contributed by atoms with van der Waals surface area (Å²) in [5, 5.41) is 22.8. The van der Waals surface area contributed by atoms with E-state index < -0.39 is 59.1 Å². The van der Waals surface area contributed by atoms with E-state index in [2.05, 4.69) is 0 Å². The second-order valence-electron chi connectivity index (χ2n) is 11.8. The van der Waals surface area contributed by atoms with Crippen molar-refractivity contribution >= 4 is 17.9 Å². The Balaban J connectivity index is 2.19. The highest BCUT2D eigenvalue weighted by molar-refractivity contribution is 5.67. The fourth-order valence-corrected chi connectivity index (χ4v) is 7.27. The fourth-order valence-electron chi connectivity index (χ4n) is 7.27. The molecule has 1 aliphatic carbocycles. The molecule has 0 amide bonds. The van der Waals surface area contributed by atoms with Gasteiger partial charge in [0, 0.05) is 45.4 Å². The van der Waals surface area contributed by atoms with E-state index in [4.69, 9.17) is 18.9 Å². The highest BCUT2D eigenvalue weighted by atomic mass is 16.6. The van der Waals surface area contributed by atoms with Crippen LogP contribution in [-0.4, -0.2) is 69.3 Å². The van der Waals surface area contributed by atoms with Crippen molar-refractivity contribution in [3.05, 3.63) is 0 Å². The van der Waals surface area contributed by atoms with Crippen LogP contribution in [0.2, 0.25) is 0 Å². The SMILES string of the molecule is CC(=O)O[C@H]1CC[C@](C)(OC(C)=O)[C@@H]2O[C@H](C[C@]1(C)O)[C@@H]1[C@H]2[C@@H](C(C)C)[C@H](O)C[C@@]1(C)OC(C)=O. The summed E-state index contributed by atoms with van der Waals surface area (Å²) in [6, 6.07) is 0. The lowest BCUT2D eigenvalue weighted by Crippen LogP contribution is -2.61. The molecular weight excluding hydrogens is 456 g/mol. The molecule has 35 heavy (non-hydrogen) atoms. The molecule has 0 unspecified atom stereocenters. The molecule has 0 spiro atoms. The molecule has 2 aliphatic heterocycles. The summed E-state index contributed by atoms with van der Waals surface area (Å²) >= 11 is 0. The molecule has 2 saturated heterocycles. The smallest absolute Gasteiger partial charge is 0.303 e. The van der Waals surface area contributed by atoms with Gasteiger partial charge in [0.25, 0.3) is 0 Å². The Kier molecular flexibility index (Phi) is 7.67. The van der Waals surface area contributed by atoms with Crippen LogP contribution in [0.25, 0.3) is 0 Å². The molecule has 2 heterocycles. The third-order valence-corrected chi connectivity index (χ3v) is 8.34. The topological polar surface area (TPSA) is 129 Å². The van der Waals surface area contributed by atoms with E-state index in [1.54, 1.807) is 20.8 Å². The van der Waals surface area contributed by atoms with Crippen molar-refractivity contribution in [2.45, 2.75) is 122 Å². The highest BCUT2D eigenvalue weighted by Gasteiger charge is 2.67. The van der Waals surface area contributed by atoms with Gasteiger partial charge in [-0.05, 0) is 45.4 Å². The van der Waals surface area contributed by atoms with Gasteiger partial charge in [-0.3, -0.25) is 14.4 Å². The van der Waals surface area contributed by atoms with Crippen molar-refractivity contribution in [3.63, 3.8) is 0 Å². The third kappa shape index (κ3) is 5.37. The van der Waals surface area contributed by atoms with Crippen LogP contribution < -0.4 is 0 Å². The summed E-state index contributed by atoms with van der Waals surface area (Å²) in [5.41, 5.74) is -3.63. The number of ether oxygens (including phenoxy) is 4. The molecule has 3 fully saturated rings. The Bertz CT molecular complexity index is 839. The molecule has 3 rings (SSSR count). The number of carbonyl (C=O) groups excluding carboxylic acids is 3. The molecule has 200 valence electrons. The van der Waals surface area contributed by atoms with Crippen molar-refractivity contribution in [1.82, 2.24) is 0 Å². The Morgan fingerprint density at radius 2 is 1.51 bits per heavy atom. The van der Waals surface area contributed by atoms with Gasteiger partial charge < -0.3 is 29.2 Å². The van der Waals surface area contributed by atoms with Gasteiger partial charge in [0.2, 0.25) is 0 Å². The van der Waals surface area contributed by atoms with Crippen molar-refractivity contribution in [1.29, 1.82) is 0 Å². The quantitative estimate of drug-likeness (QED) is 0.444. The van der Waals surface area contributed by atoms with Gasteiger partial charge in [-0.1, -0.05) is 13.8 Å². The molecule has 9 nitrogen and oxygen atoms in total. The van der Waals surface area contributed by atoms with E-state index in [0.29, 0.717) is 0 Å². The zero-order chi connectivity index (χ0) is 26.5. The molecule has 0 aromatic carbocycles. The van der Waals surface area contributed by atoms with E-state index in [1.165, 1.54) is 20.8 Å². The number of fused-ring (bicyclic) bond motifs is 5. The minimum Gasteiger partial charge on any atom is -0.460 e. The average Bonchev–Trinajstić information content (AvgIpc) is 3.03. The summed E-state index contributed by atoms with van der Waals surface area (Å²) in [5.74, 6) is -2.29. The minimum atomic E-state index is -1.45. The van der Waals surface area contributed by atoms with Gasteiger partial charge in [-0.2, -0.15) is 0 Å². The highest BCUT2D eigenvalue weighted by Crippen LogP contribution is 2.58. The van der Waals surface area contributed by atoms with Gasteiger partial charge in [-0.15, -0.1) is 0 Å². The molecule has 1 saturated carbocycles. The predicted octanol–water partition coefficient (Wildman–Crippen LogP) is 2.53. The molecule has 10 atom stereocenters. The van der Waals surface area contributed by atoms with Crippen LogP contribution in [-0.2, 0) is 33.3 Å². The van der Waals surface area contributed by atoms with E-state index >= 15 is 0 Å². The van der Waals surface area contributed by atoms with Crippen LogP contribution in [0, 0.1) is 23.7 Å². The second kappa shape index (κ2) is 9.63. The number of aliphatic hydroxyl groups excluding tert-OH is 1. The standard InChI is InChI=1S/C26H42O9/c1-13(2)20-17(30)11-26(8,35-16(5)29)22-18-12-24(6,31)19(32-14(3)27)9-10-25(7,34-15(4)28)23(33-18)21(20)22/h13,17-23,30-31H,9-12H2,1-8H3/t17-,18-,19+,20+,21-,22-,23-,24+,25+,26-/m1/s1. The maximum Gasteiger partial charge on any atom is 0.303 e. The van der Waals surface area contributed by atoms with Crippen LogP contribution in [0.15, 0.2) is 0 Å². The Morgan fingerprint density at radius 3 is 2.03 bits per heavy atom. The van der Waals surface area contributed by atoms with E-state index in [-0.39, 0.29) is 49.4 Å². The Morgan fingerprint density at radius 1 is 0.943 bits per heavy atom. The first-order valence-corrected chi connectivity index (χ1v) is 12.6. The van der Waals surface area contributed by atoms with Gasteiger partial charge in [0.1, 0.15) is 29.0 Å². The molecule has 9 heteroatoms. The minimum absolute atomic E-state index is 0.0723. The van der Waals surface area contributed by atoms with Gasteiger partial charge in [0.15, 0.2) is 0 Å². The first kappa shape index (κ1) is 27.9. The maximum atomic E-state index is 12.2. The van der Waals surface area contributed by atoms with Crippen LogP contribution in [0.4, 0.5) is 0 Å². The van der Waals surface area contributed by atoms with Gasteiger partial charge in [-0.25, -0.2) is 0 Å². The average molecular weight is 499 g/mol. The number of carbonyl (C=O) groups is 3. The maximum absolute atomic E-state index is 12.2. The summed E-state index contributed by atoms with van der Waals surface area (Å²) < 4.78 is 24.0. The van der Waals surface area contributed by atoms with Gasteiger partial charge in [0.05, 0.1) is 12.2 Å². The van der Waals surface area contributed by atoms with E-state index in [9.17, 15) is 24.6 Å². The van der Waals surface area contributed by atoms with Gasteiger partial charge >= 0.3 is 17.9 Å². The van der Waals surface area contributed by atoms with E-state index in [1.807, 2.05) is 13.8 Å². The lowest BCUT2D eigenvalue weighted by Gasteiger charge is -2.53. The van der Waals surface area contributed by atoms with Crippen molar-refractivity contribution in [3.8, 4) is 0 Å². The van der Waals surface area contributed by atoms with Crippen LogP contribution in [0.3, 0.4) is 0 Å². The number of esters is 3. The molecule has 2 bridgehead atoms. The lowest BCUT2D eigenvalue weighted by atomic mass is 9.56. The third-order valence-electron chi connectivity index (χ3n) is 8.34. The zero-order valence-corrected chi connectivity index (χ0v) is 22.2. The Labute approximate surface area is 207 Å². The number of rotatable bonds is 4. The number of hydrogen-bond donors (Lipinski definition) is 2. The summed E-state index contributed by atoms with van der Waals surface area (Å²) in [4.78, 5) is 36.3. The van der Waals surface area contributed by atoms with Crippen molar-refractivity contribution in [2.75, 3.05) is 0 Å². The zero-order valence-electron chi connectivity index (χ0n) is 22.2. The predicted molar refractivity (Wildman–Crippen MR) is 125 cm³/mol. The Hall–Kier alpha value is -1.71. The molecular formula is C26H42O9. The number of hydrogen-bond acceptors (Lipinski definition) is 9. The molecule has 0 aromatic rings. The number of aliphatic hydroxyl groups is 2. The van der Waals surface area contributed by atoms with E-state index in [0.717, 1.165) is 0 Å². The summed E-state index contributed by atoms with van der Waals surface area (Å²) in [6.07, 6.45) is -1.94.